The number of nitrogens with one attached hydrogen (secondary N) is 2. The van der Waals surface area contributed by atoms with E-state index in [2.05, 4.69) is 45.8 Å². The number of benzene rings is 1. The number of hydrogen-bond donors (Lipinski definition) is 3. The van der Waals surface area contributed by atoms with Crippen molar-refractivity contribution < 1.29 is 0 Å². The molecule has 1 aliphatic carbocycles. The maximum Gasteiger partial charge on any atom is 0.188 e. The van der Waals surface area contributed by atoms with E-state index >= 15 is 0 Å². The van der Waals surface area contributed by atoms with Gasteiger partial charge < -0.3 is 16.0 Å². The predicted octanol–water partition coefficient (Wildman–Crippen LogP) is 2.80. The fourth-order valence-corrected chi connectivity index (χ4v) is 2.79. The summed E-state index contributed by atoms with van der Waals surface area (Å²) in [4.78, 5) is 7.72. The van der Waals surface area contributed by atoms with Gasteiger partial charge in [-0.05, 0) is 43.2 Å². The van der Waals surface area contributed by atoms with Gasteiger partial charge in [0.15, 0.2) is 5.96 Å². The van der Waals surface area contributed by atoms with Gasteiger partial charge in [0.2, 0.25) is 0 Å². The third kappa shape index (κ3) is 3.57. The molecular weight excluding hydrogens is 260 g/mol. The third-order valence-corrected chi connectivity index (χ3v) is 4.35. The Bertz CT molecular complexity index is 610. The summed E-state index contributed by atoms with van der Waals surface area (Å²) < 4.78 is 0. The standard InChI is InChI=1S/C17H24N4/c18-17(21-11-13-5-3-6-13)19-10-4-7-14-12-20-16-9-2-1-8-15(14)16/h1-2,8-9,12-13,20H,3-7,10-11H2,(H3,18,19,21). The van der Waals surface area contributed by atoms with Gasteiger partial charge in [0.05, 0.1) is 0 Å². The molecule has 0 amide bonds. The van der Waals surface area contributed by atoms with Crippen LogP contribution in [-0.2, 0) is 6.42 Å². The van der Waals surface area contributed by atoms with Gasteiger partial charge in [-0.1, -0.05) is 24.6 Å². The van der Waals surface area contributed by atoms with E-state index in [1.807, 2.05) is 0 Å². The highest BCUT2D eigenvalue weighted by atomic mass is 15.1. The molecule has 2 aromatic rings. The molecule has 1 fully saturated rings. The van der Waals surface area contributed by atoms with E-state index in [1.165, 1.54) is 35.7 Å². The molecule has 0 bridgehead atoms. The first-order valence-corrected chi connectivity index (χ1v) is 7.92. The van der Waals surface area contributed by atoms with Gasteiger partial charge >= 0.3 is 0 Å². The van der Waals surface area contributed by atoms with Gasteiger partial charge in [0.25, 0.3) is 0 Å². The minimum Gasteiger partial charge on any atom is -0.370 e. The number of aryl methyl sites for hydroxylation is 1. The molecule has 1 heterocycles. The Morgan fingerprint density at radius 2 is 2.19 bits per heavy atom. The van der Waals surface area contributed by atoms with Gasteiger partial charge in [0, 0.05) is 30.2 Å². The van der Waals surface area contributed by atoms with Gasteiger partial charge in [-0.3, -0.25) is 4.99 Å². The Kier molecular flexibility index (Phi) is 4.43. The first-order valence-electron chi connectivity index (χ1n) is 7.92. The van der Waals surface area contributed by atoms with Crippen molar-refractivity contribution in [3.63, 3.8) is 0 Å². The summed E-state index contributed by atoms with van der Waals surface area (Å²) in [7, 11) is 0. The van der Waals surface area contributed by atoms with Crippen molar-refractivity contribution in [3.05, 3.63) is 36.0 Å². The average Bonchev–Trinajstić information content (AvgIpc) is 2.85. The van der Waals surface area contributed by atoms with E-state index < -0.39 is 0 Å². The molecule has 4 N–H and O–H groups in total. The summed E-state index contributed by atoms with van der Waals surface area (Å²) in [6.45, 7) is 1.76. The monoisotopic (exact) mass is 284 g/mol. The summed E-state index contributed by atoms with van der Waals surface area (Å²) in [6.07, 6.45) is 8.21. The van der Waals surface area contributed by atoms with Crippen molar-refractivity contribution in [3.8, 4) is 0 Å². The second kappa shape index (κ2) is 6.66. The second-order valence-electron chi connectivity index (χ2n) is 5.91. The molecule has 4 nitrogen and oxygen atoms in total. The van der Waals surface area contributed by atoms with Crippen LogP contribution in [0, 0.1) is 5.92 Å². The second-order valence-corrected chi connectivity index (χ2v) is 5.91. The maximum atomic E-state index is 5.88. The van der Waals surface area contributed by atoms with Crippen LogP contribution >= 0.6 is 0 Å². The summed E-state index contributed by atoms with van der Waals surface area (Å²) in [5.41, 5.74) is 8.47. The predicted molar refractivity (Wildman–Crippen MR) is 88.5 cm³/mol. The fraction of sp³-hybridized carbons (Fsp3) is 0.471. The zero-order chi connectivity index (χ0) is 14.5. The minimum absolute atomic E-state index is 0.598. The number of nitrogens with two attached hydrogens (primary N) is 1. The SMILES string of the molecule is NC(=NCC1CCC1)NCCCc1c[nH]c2ccccc12. The molecule has 0 aliphatic heterocycles. The number of para-hydroxylation sites is 1. The van der Waals surface area contributed by atoms with Crippen molar-refractivity contribution in [2.75, 3.05) is 13.1 Å². The van der Waals surface area contributed by atoms with Gasteiger partial charge in [-0.2, -0.15) is 0 Å². The third-order valence-electron chi connectivity index (χ3n) is 4.35. The molecule has 0 saturated heterocycles. The van der Waals surface area contributed by atoms with Crippen LogP contribution in [0.1, 0.15) is 31.2 Å². The van der Waals surface area contributed by atoms with Crippen LogP contribution in [0.15, 0.2) is 35.5 Å². The lowest BCUT2D eigenvalue weighted by Gasteiger charge is -2.23. The van der Waals surface area contributed by atoms with Crippen LogP contribution in [0.25, 0.3) is 10.9 Å². The molecule has 4 heteroatoms. The molecule has 1 aromatic carbocycles. The van der Waals surface area contributed by atoms with E-state index in [4.69, 9.17) is 5.73 Å². The highest BCUT2D eigenvalue weighted by molar-refractivity contribution is 5.83. The average molecular weight is 284 g/mol. The molecule has 21 heavy (non-hydrogen) atoms. The Labute approximate surface area is 125 Å². The van der Waals surface area contributed by atoms with Crippen molar-refractivity contribution in [2.24, 2.45) is 16.6 Å². The number of aromatic nitrogens is 1. The fourth-order valence-electron chi connectivity index (χ4n) is 2.79. The summed E-state index contributed by atoms with van der Waals surface area (Å²) >= 11 is 0. The molecule has 0 unspecified atom stereocenters. The normalized spacial score (nSPS) is 16.1. The van der Waals surface area contributed by atoms with Crippen molar-refractivity contribution in [2.45, 2.75) is 32.1 Å². The summed E-state index contributed by atoms with van der Waals surface area (Å²) in [5, 5.41) is 4.54. The largest absolute Gasteiger partial charge is 0.370 e. The molecule has 0 spiro atoms. The molecule has 0 atom stereocenters. The van der Waals surface area contributed by atoms with E-state index in [0.717, 1.165) is 31.8 Å². The highest BCUT2D eigenvalue weighted by Crippen LogP contribution is 2.26. The summed E-state index contributed by atoms with van der Waals surface area (Å²) in [6, 6.07) is 8.43. The van der Waals surface area contributed by atoms with E-state index in [0.29, 0.717) is 5.96 Å². The molecular formula is C17H24N4. The molecule has 1 aromatic heterocycles. The van der Waals surface area contributed by atoms with E-state index in [1.54, 1.807) is 0 Å². The van der Waals surface area contributed by atoms with Crippen molar-refractivity contribution >= 4 is 16.9 Å². The Morgan fingerprint density at radius 3 is 3.00 bits per heavy atom. The number of guanidine groups is 1. The number of aromatic amines is 1. The zero-order valence-corrected chi connectivity index (χ0v) is 12.4. The van der Waals surface area contributed by atoms with Crippen molar-refractivity contribution in [1.29, 1.82) is 0 Å². The maximum absolute atomic E-state index is 5.88. The lowest BCUT2D eigenvalue weighted by molar-refractivity contribution is 0.326. The number of rotatable bonds is 6. The number of fused-ring (bicyclic) bond motifs is 1. The smallest absolute Gasteiger partial charge is 0.188 e. The lowest BCUT2D eigenvalue weighted by Crippen LogP contribution is -2.33. The Balaban J connectivity index is 1.41. The number of hydrogen-bond acceptors (Lipinski definition) is 1. The number of aliphatic imine (C=N–C) groups is 1. The Hall–Kier alpha value is -1.97. The lowest BCUT2D eigenvalue weighted by atomic mass is 9.86. The quantitative estimate of drug-likeness (QED) is 0.434. The van der Waals surface area contributed by atoms with Crippen LogP contribution in [-0.4, -0.2) is 24.0 Å². The van der Waals surface area contributed by atoms with E-state index in [-0.39, 0.29) is 0 Å². The van der Waals surface area contributed by atoms with E-state index in [9.17, 15) is 0 Å². The van der Waals surface area contributed by atoms with Crippen LogP contribution < -0.4 is 11.1 Å². The van der Waals surface area contributed by atoms with Gasteiger partial charge in [-0.25, -0.2) is 0 Å². The van der Waals surface area contributed by atoms with Gasteiger partial charge in [0.1, 0.15) is 0 Å². The summed E-state index contributed by atoms with van der Waals surface area (Å²) in [5.74, 6) is 1.37. The van der Waals surface area contributed by atoms with Crippen LogP contribution in [0.5, 0.6) is 0 Å². The van der Waals surface area contributed by atoms with Crippen molar-refractivity contribution in [1.82, 2.24) is 10.3 Å². The van der Waals surface area contributed by atoms with Crippen LogP contribution in [0.4, 0.5) is 0 Å². The zero-order valence-electron chi connectivity index (χ0n) is 12.4. The first-order chi connectivity index (χ1) is 10.3. The number of nitrogens with zero attached hydrogens (tertiary/aromatic N) is 1. The molecule has 112 valence electrons. The highest BCUT2D eigenvalue weighted by Gasteiger charge is 2.16. The van der Waals surface area contributed by atoms with Crippen LogP contribution in [0.3, 0.4) is 0 Å². The molecule has 0 radical (unpaired) electrons. The minimum atomic E-state index is 0.598. The number of H-pyrrole nitrogens is 1. The Morgan fingerprint density at radius 1 is 1.33 bits per heavy atom. The van der Waals surface area contributed by atoms with Gasteiger partial charge in [-0.15, -0.1) is 0 Å². The topological polar surface area (TPSA) is 66.2 Å². The first kappa shape index (κ1) is 14.0. The molecule has 1 aliphatic rings. The molecule has 1 saturated carbocycles. The molecule has 3 rings (SSSR count). The van der Waals surface area contributed by atoms with Crippen LogP contribution in [0.2, 0.25) is 0 Å².